The van der Waals surface area contributed by atoms with Crippen molar-refractivity contribution in [2.75, 3.05) is 19.8 Å². The number of nitrogens with one attached hydrogen (secondary N) is 1. The molecular formula is C16H24N2O2S. The molecule has 0 saturated heterocycles. The number of carbonyl (C=O) groups is 2. The van der Waals surface area contributed by atoms with Crippen LogP contribution in [0.5, 0.6) is 0 Å². The zero-order chi connectivity index (χ0) is 16.0. The van der Waals surface area contributed by atoms with Gasteiger partial charge in [-0.15, -0.1) is 11.8 Å². The number of amides is 2. The van der Waals surface area contributed by atoms with Gasteiger partial charge in [-0.2, -0.15) is 0 Å². The maximum absolute atomic E-state index is 12.0. The van der Waals surface area contributed by atoms with Crippen LogP contribution in [-0.4, -0.2) is 36.6 Å². The maximum atomic E-state index is 12.0. The van der Waals surface area contributed by atoms with Gasteiger partial charge >= 0.3 is 0 Å². The van der Waals surface area contributed by atoms with Gasteiger partial charge in [-0.25, -0.2) is 0 Å². The van der Waals surface area contributed by atoms with E-state index in [9.17, 15) is 9.59 Å². The fraction of sp³-hybridized carbons (Fsp3) is 0.500. The van der Waals surface area contributed by atoms with Gasteiger partial charge < -0.3 is 10.2 Å². The molecule has 0 radical (unpaired) electrons. The van der Waals surface area contributed by atoms with Gasteiger partial charge in [0.15, 0.2) is 0 Å². The first-order valence-electron chi connectivity index (χ1n) is 6.89. The van der Waals surface area contributed by atoms with Crippen LogP contribution in [0.15, 0.2) is 29.2 Å². The molecule has 0 saturated carbocycles. The molecule has 1 aromatic carbocycles. The van der Waals surface area contributed by atoms with Crippen molar-refractivity contribution in [2.45, 2.75) is 32.2 Å². The van der Waals surface area contributed by atoms with E-state index in [-0.39, 0.29) is 18.4 Å². The summed E-state index contributed by atoms with van der Waals surface area (Å²) < 4.78 is 0. The fourth-order valence-electron chi connectivity index (χ4n) is 1.65. The molecule has 5 heteroatoms. The zero-order valence-electron chi connectivity index (χ0n) is 13.4. The fourth-order valence-corrected chi connectivity index (χ4v) is 2.06. The molecule has 0 aromatic heterocycles. The van der Waals surface area contributed by atoms with Crippen molar-refractivity contribution in [3.05, 3.63) is 29.8 Å². The maximum Gasteiger partial charge on any atom is 0.242 e. The number of carbonyl (C=O) groups excluding carboxylic acids is 2. The van der Waals surface area contributed by atoms with Gasteiger partial charge in [0.1, 0.15) is 0 Å². The Labute approximate surface area is 131 Å². The van der Waals surface area contributed by atoms with Gasteiger partial charge in [0.05, 0.1) is 6.54 Å². The predicted molar refractivity (Wildman–Crippen MR) is 87.2 cm³/mol. The van der Waals surface area contributed by atoms with Gasteiger partial charge in [0.25, 0.3) is 0 Å². The number of nitrogens with zero attached hydrogens (tertiary/aromatic N) is 1. The van der Waals surface area contributed by atoms with Crippen molar-refractivity contribution in [3.63, 3.8) is 0 Å². The van der Waals surface area contributed by atoms with Gasteiger partial charge in [-0.05, 0) is 24.0 Å². The summed E-state index contributed by atoms with van der Waals surface area (Å²) in [5.41, 5.74) is 0.595. The second-order valence-electron chi connectivity index (χ2n) is 6.03. The average molecular weight is 308 g/mol. The lowest BCUT2D eigenvalue weighted by Crippen LogP contribution is -2.42. The van der Waals surface area contributed by atoms with Crippen molar-refractivity contribution in [3.8, 4) is 0 Å². The summed E-state index contributed by atoms with van der Waals surface area (Å²) in [6, 6.07) is 8.12. The van der Waals surface area contributed by atoms with E-state index < -0.39 is 5.41 Å². The van der Waals surface area contributed by atoms with E-state index in [2.05, 4.69) is 5.32 Å². The highest BCUT2D eigenvalue weighted by Crippen LogP contribution is 2.15. The molecule has 21 heavy (non-hydrogen) atoms. The quantitative estimate of drug-likeness (QED) is 0.850. The van der Waals surface area contributed by atoms with E-state index in [1.54, 1.807) is 23.7 Å². The monoisotopic (exact) mass is 308 g/mol. The standard InChI is InChI=1S/C16H24N2O2S/c1-16(2,3)15(20)17-10-14(19)18(4)11-12-6-8-13(21-5)9-7-12/h6-9H,10-11H2,1-5H3,(H,17,20). The molecule has 2 amide bonds. The molecule has 116 valence electrons. The van der Waals surface area contributed by atoms with Crippen molar-refractivity contribution in [1.29, 1.82) is 0 Å². The van der Waals surface area contributed by atoms with Gasteiger partial charge in [-0.3, -0.25) is 9.59 Å². The lowest BCUT2D eigenvalue weighted by atomic mass is 9.96. The number of rotatable bonds is 5. The third-order valence-corrected chi connectivity index (χ3v) is 3.83. The summed E-state index contributed by atoms with van der Waals surface area (Å²) in [5.74, 6) is -0.213. The van der Waals surface area contributed by atoms with Crippen LogP contribution in [-0.2, 0) is 16.1 Å². The molecule has 1 aromatic rings. The molecule has 0 aliphatic carbocycles. The minimum atomic E-state index is -0.480. The van der Waals surface area contributed by atoms with Crippen LogP contribution in [0.3, 0.4) is 0 Å². The van der Waals surface area contributed by atoms with Crippen LogP contribution in [0.2, 0.25) is 0 Å². The SMILES string of the molecule is CSc1ccc(CN(C)C(=O)CNC(=O)C(C)(C)C)cc1. The molecule has 0 fully saturated rings. The van der Waals surface area contributed by atoms with Crippen LogP contribution >= 0.6 is 11.8 Å². The molecule has 0 aliphatic heterocycles. The van der Waals surface area contributed by atoms with Crippen LogP contribution < -0.4 is 5.32 Å². The van der Waals surface area contributed by atoms with Crippen LogP contribution in [0.25, 0.3) is 0 Å². The lowest BCUT2D eigenvalue weighted by molar-refractivity contribution is -0.134. The third-order valence-electron chi connectivity index (χ3n) is 3.09. The number of hydrogen-bond acceptors (Lipinski definition) is 3. The Kier molecular flexibility index (Phi) is 6.27. The Morgan fingerprint density at radius 3 is 2.24 bits per heavy atom. The highest BCUT2D eigenvalue weighted by atomic mass is 32.2. The summed E-state index contributed by atoms with van der Waals surface area (Å²) in [6.45, 7) is 6.05. The van der Waals surface area contributed by atoms with Crippen molar-refractivity contribution in [1.82, 2.24) is 10.2 Å². The molecular weight excluding hydrogens is 284 g/mol. The van der Waals surface area contributed by atoms with E-state index in [0.717, 1.165) is 5.56 Å². The topological polar surface area (TPSA) is 49.4 Å². The molecule has 0 bridgehead atoms. The van der Waals surface area contributed by atoms with Crippen LogP contribution in [0, 0.1) is 5.41 Å². The molecule has 0 unspecified atom stereocenters. The Morgan fingerprint density at radius 1 is 1.19 bits per heavy atom. The van der Waals surface area contributed by atoms with Gasteiger partial charge in [0, 0.05) is 23.9 Å². The molecule has 0 spiro atoms. The number of thioether (sulfide) groups is 1. The van der Waals surface area contributed by atoms with E-state index in [4.69, 9.17) is 0 Å². The minimum absolute atomic E-state index is 0.0372. The smallest absolute Gasteiger partial charge is 0.242 e. The molecule has 0 heterocycles. The Morgan fingerprint density at radius 2 is 1.76 bits per heavy atom. The molecule has 0 aliphatic rings. The first-order valence-corrected chi connectivity index (χ1v) is 8.11. The highest BCUT2D eigenvalue weighted by Gasteiger charge is 2.22. The second kappa shape index (κ2) is 7.50. The van der Waals surface area contributed by atoms with Crippen molar-refractivity contribution < 1.29 is 9.59 Å². The Bertz CT molecular complexity index is 492. The van der Waals surface area contributed by atoms with Crippen LogP contribution in [0.1, 0.15) is 26.3 Å². The van der Waals surface area contributed by atoms with E-state index in [1.807, 2.05) is 51.3 Å². The van der Waals surface area contributed by atoms with E-state index in [0.29, 0.717) is 6.54 Å². The third kappa shape index (κ3) is 5.79. The minimum Gasteiger partial charge on any atom is -0.347 e. The first-order chi connectivity index (χ1) is 9.74. The summed E-state index contributed by atoms with van der Waals surface area (Å²) in [7, 11) is 1.74. The Balaban J connectivity index is 2.49. The largest absolute Gasteiger partial charge is 0.347 e. The normalized spacial score (nSPS) is 11.1. The average Bonchev–Trinajstić information content (AvgIpc) is 2.44. The molecule has 1 N–H and O–H groups in total. The zero-order valence-corrected chi connectivity index (χ0v) is 14.2. The van der Waals surface area contributed by atoms with E-state index >= 15 is 0 Å². The number of likely N-dealkylation sites (N-methyl/N-ethyl adjacent to an activating group) is 1. The highest BCUT2D eigenvalue weighted by molar-refractivity contribution is 7.98. The van der Waals surface area contributed by atoms with Gasteiger partial charge in [0.2, 0.25) is 11.8 Å². The van der Waals surface area contributed by atoms with E-state index in [1.165, 1.54) is 4.90 Å². The summed E-state index contributed by atoms with van der Waals surface area (Å²) in [5, 5.41) is 2.67. The molecule has 0 atom stereocenters. The first kappa shape index (κ1) is 17.6. The number of benzene rings is 1. The number of hydrogen-bond donors (Lipinski definition) is 1. The molecule has 1 rings (SSSR count). The Hall–Kier alpha value is -1.49. The molecule has 4 nitrogen and oxygen atoms in total. The summed E-state index contributed by atoms with van der Waals surface area (Å²) in [6.07, 6.45) is 2.03. The second-order valence-corrected chi connectivity index (χ2v) is 6.91. The van der Waals surface area contributed by atoms with Crippen LogP contribution in [0.4, 0.5) is 0 Å². The van der Waals surface area contributed by atoms with Crippen molar-refractivity contribution in [2.24, 2.45) is 5.41 Å². The summed E-state index contributed by atoms with van der Waals surface area (Å²) >= 11 is 1.69. The van der Waals surface area contributed by atoms with Crippen molar-refractivity contribution >= 4 is 23.6 Å². The summed E-state index contributed by atoms with van der Waals surface area (Å²) in [4.78, 5) is 26.6. The predicted octanol–water partition coefficient (Wildman–Crippen LogP) is 2.53. The van der Waals surface area contributed by atoms with Gasteiger partial charge in [-0.1, -0.05) is 32.9 Å². The lowest BCUT2D eigenvalue weighted by Gasteiger charge is -2.21.